The second-order valence-electron chi connectivity index (χ2n) is 2.97. The van der Waals surface area contributed by atoms with Crippen molar-refractivity contribution in [1.29, 1.82) is 0 Å². The first-order valence-corrected chi connectivity index (χ1v) is 4.76. The van der Waals surface area contributed by atoms with E-state index >= 15 is 0 Å². The molecule has 1 aromatic rings. The number of rotatable bonds is 5. The highest BCUT2D eigenvalue weighted by Crippen LogP contribution is 2.00. The van der Waals surface area contributed by atoms with Gasteiger partial charge in [-0.15, -0.1) is 0 Å². The van der Waals surface area contributed by atoms with Gasteiger partial charge in [-0.25, -0.2) is 9.97 Å². The number of nitrogens with one attached hydrogen (secondary N) is 2. The van der Waals surface area contributed by atoms with Crippen molar-refractivity contribution in [3.63, 3.8) is 0 Å². The molecular weight excluding hydrogens is 210 g/mol. The molecule has 1 heterocycles. The van der Waals surface area contributed by atoms with Gasteiger partial charge >= 0.3 is 0 Å². The van der Waals surface area contributed by atoms with Gasteiger partial charge in [0.15, 0.2) is 0 Å². The second kappa shape index (κ2) is 5.64. The molecule has 0 fully saturated rings. The Labute approximate surface area is 92.5 Å². The number of hydrogen-bond acceptors (Lipinski definition) is 5. The van der Waals surface area contributed by atoms with Gasteiger partial charge in [0.1, 0.15) is 11.5 Å². The van der Waals surface area contributed by atoms with Gasteiger partial charge in [0.05, 0.1) is 18.9 Å². The average molecular weight is 223 g/mol. The number of carbonyl (C=O) groups excluding carboxylic acids is 2. The maximum absolute atomic E-state index is 11.4. The molecule has 0 bridgehead atoms. The topological polar surface area (TPSA) is 110 Å². The zero-order valence-corrected chi connectivity index (χ0v) is 8.86. The van der Waals surface area contributed by atoms with E-state index in [0.717, 1.165) is 6.54 Å². The molecule has 7 heteroatoms. The first-order chi connectivity index (χ1) is 7.63. The number of hydrogen-bond donors (Lipinski definition) is 3. The van der Waals surface area contributed by atoms with Gasteiger partial charge in [-0.1, -0.05) is 0 Å². The van der Waals surface area contributed by atoms with E-state index in [1.165, 1.54) is 12.4 Å². The fourth-order valence-electron chi connectivity index (χ4n) is 0.976. The van der Waals surface area contributed by atoms with Gasteiger partial charge in [0.2, 0.25) is 5.91 Å². The van der Waals surface area contributed by atoms with Crippen LogP contribution in [0.1, 0.15) is 17.4 Å². The van der Waals surface area contributed by atoms with E-state index in [4.69, 9.17) is 5.73 Å². The summed E-state index contributed by atoms with van der Waals surface area (Å²) in [6.45, 7) is 2.44. The van der Waals surface area contributed by atoms with E-state index in [-0.39, 0.29) is 12.2 Å². The molecule has 4 N–H and O–H groups in total. The summed E-state index contributed by atoms with van der Waals surface area (Å²) in [5.74, 6) is -0.492. The zero-order chi connectivity index (χ0) is 12.0. The van der Waals surface area contributed by atoms with Gasteiger partial charge in [-0.2, -0.15) is 0 Å². The van der Waals surface area contributed by atoms with Crippen LogP contribution in [0.5, 0.6) is 0 Å². The summed E-state index contributed by atoms with van der Waals surface area (Å²) in [7, 11) is 0. The molecule has 1 aromatic heterocycles. The van der Waals surface area contributed by atoms with Gasteiger partial charge in [-0.05, 0) is 6.92 Å². The molecule has 16 heavy (non-hydrogen) atoms. The summed E-state index contributed by atoms with van der Waals surface area (Å²) >= 11 is 0. The highest BCUT2D eigenvalue weighted by atomic mass is 16.2. The van der Waals surface area contributed by atoms with Gasteiger partial charge < -0.3 is 16.4 Å². The highest BCUT2D eigenvalue weighted by molar-refractivity contribution is 5.94. The maximum atomic E-state index is 11.4. The molecule has 0 aliphatic heterocycles. The first-order valence-electron chi connectivity index (χ1n) is 4.76. The van der Waals surface area contributed by atoms with Gasteiger partial charge in [-0.3, -0.25) is 9.59 Å². The average Bonchev–Trinajstić information content (AvgIpc) is 2.27. The lowest BCUT2D eigenvalue weighted by Crippen LogP contribution is -2.33. The fraction of sp³-hybridized carbons (Fsp3) is 0.333. The van der Waals surface area contributed by atoms with Crippen LogP contribution in [0.2, 0.25) is 0 Å². The quantitative estimate of drug-likeness (QED) is 0.600. The van der Waals surface area contributed by atoms with Crippen LogP contribution in [0, 0.1) is 0 Å². The molecule has 0 unspecified atom stereocenters. The van der Waals surface area contributed by atoms with E-state index in [1.807, 2.05) is 6.92 Å². The molecule has 7 nitrogen and oxygen atoms in total. The van der Waals surface area contributed by atoms with Crippen LogP contribution in [-0.4, -0.2) is 34.9 Å². The van der Waals surface area contributed by atoms with E-state index < -0.39 is 11.8 Å². The van der Waals surface area contributed by atoms with Crippen molar-refractivity contribution in [2.75, 3.05) is 18.4 Å². The third-order valence-corrected chi connectivity index (χ3v) is 1.67. The summed E-state index contributed by atoms with van der Waals surface area (Å²) in [6.07, 6.45) is 2.77. The maximum Gasteiger partial charge on any atom is 0.271 e. The Kier molecular flexibility index (Phi) is 4.19. The predicted molar refractivity (Wildman–Crippen MR) is 57.7 cm³/mol. The standard InChI is InChI=1S/C9H13N5O2/c1-2-11-8-5-12-6(3-13-8)9(16)14-4-7(10)15/h3,5H,2,4H2,1H3,(H2,10,15)(H,11,13)(H,14,16). The molecule has 0 aliphatic rings. The normalized spacial score (nSPS) is 9.56. The summed E-state index contributed by atoms with van der Waals surface area (Å²) in [5, 5.41) is 5.26. The van der Waals surface area contributed by atoms with Crippen molar-refractivity contribution < 1.29 is 9.59 Å². The third-order valence-electron chi connectivity index (χ3n) is 1.67. The Morgan fingerprint density at radius 2 is 2.12 bits per heavy atom. The SMILES string of the molecule is CCNc1cnc(C(=O)NCC(N)=O)cn1. The van der Waals surface area contributed by atoms with Crippen LogP contribution < -0.4 is 16.4 Å². The largest absolute Gasteiger partial charge is 0.369 e. The molecule has 2 amide bonds. The predicted octanol–water partition coefficient (Wildman–Crippen LogP) is -0.876. The van der Waals surface area contributed by atoms with E-state index in [0.29, 0.717) is 5.82 Å². The second-order valence-corrected chi connectivity index (χ2v) is 2.97. The van der Waals surface area contributed by atoms with Crippen LogP contribution in [0.25, 0.3) is 0 Å². The van der Waals surface area contributed by atoms with Crippen LogP contribution in [0.3, 0.4) is 0 Å². The molecule has 0 aromatic carbocycles. The van der Waals surface area contributed by atoms with Crippen LogP contribution >= 0.6 is 0 Å². The van der Waals surface area contributed by atoms with E-state index in [9.17, 15) is 9.59 Å². The molecule has 0 saturated carbocycles. The van der Waals surface area contributed by atoms with Crippen LogP contribution in [0.15, 0.2) is 12.4 Å². The first kappa shape index (κ1) is 11.9. The smallest absolute Gasteiger partial charge is 0.271 e. The minimum atomic E-state index is -0.606. The molecule has 86 valence electrons. The molecule has 0 saturated heterocycles. The Balaban J connectivity index is 2.59. The fourth-order valence-corrected chi connectivity index (χ4v) is 0.976. The number of carbonyl (C=O) groups is 2. The van der Waals surface area contributed by atoms with Crippen molar-refractivity contribution >= 4 is 17.6 Å². The number of nitrogens with zero attached hydrogens (tertiary/aromatic N) is 2. The lowest BCUT2D eigenvalue weighted by atomic mass is 10.4. The molecule has 0 spiro atoms. The molecule has 0 aliphatic carbocycles. The zero-order valence-electron chi connectivity index (χ0n) is 8.86. The molecule has 0 atom stereocenters. The number of aromatic nitrogens is 2. The van der Waals surface area contributed by atoms with Gasteiger partial charge in [0, 0.05) is 6.54 Å². The minimum Gasteiger partial charge on any atom is -0.369 e. The number of primary amides is 1. The summed E-state index contributed by atoms with van der Waals surface area (Å²) in [5.41, 5.74) is 5.02. The third kappa shape index (κ3) is 3.52. The number of amides is 2. The van der Waals surface area contributed by atoms with Crippen LogP contribution in [0.4, 0.5) is 5.82 Å². The van der Waals surface area contributed by atoms with Crippen molar-refractivity contribution in [2.45, 2.75) is 6.92 Å². The lowest BCUT2D eigenvalue weighted by Gasteiger charge is -2.03. The van der Waals surface area contributed by atoms with Gasteiger partial charge in [0.25, 0.3) is 5.91 Å². The van der Waals surface area contributed by atoms with E-state index in [2.05, 4.69) is 20.6 Å². The van der Waals surface area contributed by atoms with Crippen molar-refractivity contribution in [1.82, 2.24) is 15.3 Å². The Hall–Kier alpha value is -2.18. The van der Waals surface area contributed by atoms with Crippen molar-refractivity contribution in [2.24, 2.45) is 5.73 Å². The molecule has 0 radical (unpaired) electrons. The van der Waals surface area contributed by atoms with E-state index in [1.54, 1.807) is 0 Å². The van der Waals surface area contributed by atoms with Crippen molar-refractivity contribution in [3.05, 3.63) is 18.1 Å². The Morgan fingerprint density at radius 1 is 1.38 bits per heavy atom. The summed E-state index contributed by atoms with van der Waals surface area (Å²) in [4.78, 5) is 29.7. The van der Waals surface area contributed by atoms with Crippen molar-refractivity contribution in [3.8, 4) is 0 Å². The monoisotopic (exact) mass is 223 g/mol. The van der Waals surface area contributed by atoms with Crippen LogP contribution in [-0.2, 0) is 4.79 Å². The summed E-state index contributed by atoms with van der Waals surface area (Å²) in [6, 6.07) is 0. The molecular formula is C9H13N5O2. The summed E-state index contributed by atoms with van der Waals surface area (Å²) < 4.78 is 0. The molecule has 1 rings (SSSR count). The Bertz CT molecular complexity index is 376. The minimum absolute atomic E-state index is 0.142. The Morgan fingerprint density at radius 3 is 2.62 bits per heavy atom. The lowest BCUT2D eigenvalue weighted by molar-refractivity contribution is -0.117. The number of nitrogens with two attached hydrogens (primary N) is 1. The number of anilines is 1. The highest BCUT2D eigenvalue weighted by Gasteiger charge is 2.08.